The number of carbonyl (C=O) groups is 2. The molecule has 0 spiro atoms. The van der Waals surface area contributed by atoms with E-state index in [-0.39, 0.29) is 76.9 Å². The maximum absolute atomic E-state index is 15.1. The van der Waals surface area contributed by atoms with Gasteiger partial charge in [-0.2, -0.15) is 0 Å². The Kier molecular flexibility index (Phi) is 18.0. The highest BCUT2D eigenvalue weighted by molar-refractivity contribution is 6.03. The monoisotopic (exact) mass is 1000 g/mol. The molecule has 2 aliphatic heterocycles. The van der Waals surface area contributed by atoms with Crippen LogP contribution in [0.5, 0.6) is 23.0 Å². The number of hydrogen-bond acceptors (Lipinski definition) is 15. The van der Waals surface area contributed by atoms with Gasteiger partial charge >= 0.3 is 12.2 Å². The Morgan fingerprint density at radius 3 is 2.40 bits per heavy atom. The molecule has 0 radical (unpaired) electrons. The molecule has 4 aromatic rings. The average Bonchev–Trinajstić information content (AvgIpc) is 3.87. The SMILES string of the molecule is C=CCOC12Oc3ccc(OC(=O)NCC)cc3C3C(CCCCO)C(CCCCO)C=C(C(=NOCc4ccc([N+](=O)[O-])cc4)CC1N(Cc1ccc4c(c1)OCO4)C(=O)OCCOCc1ccccc1)C32. The standard InChI is InChI=1S/C55H64N4O14/c1-3-26-70-55-50(58(33-39-18-22-48-49(29-39)69-36-68-48)54(63)67-28-27-66-34-37-12-6-5-7-13-37)32-46(57-71-35-38-16-19-41(20-17-38)59(64)65)44-30-40(14-8-10-24-60)43(15-9-11-25-61)51(52(44)55)45-31-42(21-23-47(45)73-55)72-53(62)56-4-2/h3,5-7,12-13,16-23,29-31,40,43,50-52,60-61H,1,4,8-11,14-15,24-28,32-36H2,2H3,(H,56,62). The number of nitro groups is 1. The number of aliphatic hydroxyl groups is 2. The summed E-state index contributed by atoms with van der Waals surface area (Å²) in [5, 5.41) is 39.1. The summed E-state index contributed by atoms with van der Waals surface area (Å²) in [6.07, 6.45) is 6.53. The van der Waals surface area contributed by atoms with Crippen LogP contribution in [0, 0.1) is 27.9 Å². The van der Waals surface area contributed by atoms with Crippen molar-refractivity contribution in [2.45, 2.75) is 89.4 Å². The molecule has 73 heavy (non-hydrogen) atoms. The predicted octanol–water partition coefficient (Wildman–Crippen LogP) is 9.12. The molecule has 1 saturated carbocycles. The quantitative estimate of drug-likeness (QED) is 0.0244. The summed E-state index contributed by atoms with van der Waals surface area (Å²) in [5.74, 6) is -1.14. The Hall–Kier alpha value is -6.99. The fourth-order valence-electron chi connectivity index (χ4n) is 10.5. The largest absolute Gasteiger partial charge is 0.459 e. The summed E-state index contributed by atoms with van der Waals surface area (Å²) in [6.45, 7) is 6.62. The first-order valence-corrected chi connectivity index (χ1v) is 25.0. The molecule has 8 rings (SSSR count). The number of fused-ring (bicyclic) bond motifs is 3. The molecule has 18 nitrogen and oxygen atoms in total. The van der Waals surface area contributed by atoms with E-state index in [4.69, 9.17) is 43.2 Å². The van der Waals surface area contributed by atoms with E-state index >= 15 is 4.79 Å². The minimum atomic E-state index is -1.65. The lowest BCUT2D eigenvalue weighted by molar-refractivity contribution is -0.384. The molecule has 0 aromatic heterocycles. The summed E-state index contributed by atoms with van der Waals surface area (Å²) >= 11 is 0. The maximum atomic E-state index is 15.1. The van der Waals surface area contributed by atoms with Crippen LogP contribution in [-0.2, 0) is 38.8 Å². The van der Waals surface area contributed by atoms with Crippen LogP contribution in [0.4, 0.5) is 15.3 Å². The first-order valence-electron chi connectivity index (χ1n) is 25.0. The molecule has 1 fully saturated rings. The van der Waals surface area contributed by atoms with E-state index in [9.17, 15) is 25.1 Å². The van der Waals surface area contributed by atoms with Gasteiger partial charge in [-0.15, -0.1) is 6.58 Å². The van der Waals surface area contributed by atoms with Gasteiger partial charge in [0.2, 0.25) is 12.6 Å². The van der Waals surface area contributed by atoms with Crippen molar-refractivity contribution in [2.24, 2.45) is 22.9 Å². The van der Waals surface area contributed by atoms with E-state index in [1.807, 2.05) is 48.5 Å². The Balaban J connectivity index is 1.28. The lowest BCUT2D eigenvalue weighted by atomic mass is 9.55. The second-order valence-corrected chi connectivity index (χ2v) is 18.4. The first kappa shape index (κ1) is 52.3. The van der Waals surface area contributed by atoms with Crippen molar-refractivity contribution in [1.82, 2.24) is 10.2 Å². The molecular weight excluding hydrogens is 941 g/mol. The minimum Gasteiger partial charge on any atom is -0.459 e. The average molecular weight is 1010 g/mol. The number of amides is 2. The molecular formula is C55H64N4O14. The summed E-state index contributed by atoms with van der Waals surface area (Å²) in [5.41, 5.74) is 4.29. The van der Waals surface area contributed by atoms with Gasteiger partial charge in [-0.3, -0.25) is 15.0 Å². The zero-order valence-electron chi connectivity index (χ0n) is 41.1. The lowest BCUT2D eigenvalue weighted by Gasteiger charge is -2.59. The van der Waals surface area contributed by atoms with Crippen LogP contribution in [0.2, 0.25) is 0 Å². The Bertz CT molecular complexity index is 2590. The molecule has 18 heteroatoms. The van der Waals surface area contributed by atoms with Gasteiger partial charge in [0.15, 0.2) is 11.5 Å². The van der Waals surface area contributed by atoms with E-state index in [1.165, 1.54) is 12.1 Å². The number of nitro benzene ring substituents is 1. The summed E-state index contributed by atoms with van der Waals surface area (Å²) in [6, 6.07) is 25.5. The van der Waals surface area contributed by atoms with Crippen molar-refractivity contribution in [2.75, 3.05) is 46.4 Å². The third-order valence-corrected chi connectivity index (χ3v) is 13.7. The van der Waals surface area contributed by atoms with E-state index in [2.05, 4.69) is 18.0 Å². The van der Waals surface area contributed by atoms with E-state index in [0.29, 0.717) is 85.1 Å². The number of oxime groups is 1. The molecule has 2 aliphatic carbocycles. The van der Waals surface area contributed by atoms with E-state index in [1.54, 1.807) is 48.2 Å². The molecule has 0 bridgehead atoms. The zero-order valence-corrected chi connectivity index (χ0v) is 41.1. The zero-order chi connectivity index (χ0) is 51.2. The normalized spacial score (nSPS) is 21.7. The number of unbranched alkanes of at least 4 members (excludes halogenated alkanes) is 2. The molecule has 2 amide bonds. The van der Waals surface area contributed by atoms with Crippen molar-refractivity contribution in [3.63, 3.8) is 0 Å². The Labute approximate surface area is 424 Å². The molecule has 3 N–H and O–H groups in total. The van der Waals surface area contributed by atoms with Gasteiger partial charge in [0, 0.05) is 56.3 Å². The molecule has 4 aromatic carbocycles. The van der Waals surface area contributed by atoms with Gasteiger partial charge in [-0.05, 0) is 109 Å². The molecule has 6 unspecified atom stereocenters. The third-order valence-electron chi connectivity index (χ3n) is 13.7. The number of rotatable bonds is 25. The van der Waals surface area contributed by atoms with Gasteiger partial charge in [0.05, 0.1) is 36.4 Å². The van der Waals surface area contributed by atoms with Crippen LogP contribution in [0.25, 0.3) is 0 Å². The van der Waals surface area contributed by atoms with Gasteiger partial charge < -0.3 is 53.5 Å². The van der Waals surface area contributed by atoms with Crippen LogP contribution in [0.3, 0.4) is 0 Å². The number of nitrogens with zero attached hydrogens (tertiary/aromatic N) is 3. The van der Waals surface area contributed by atoms with Crippen LogP contribution >= 0.6 is 0 Å². The van der Waals surface area contributed by atoms with Gasteiger partial charge in [0.1, 0.15) is 30.8 Å². The molecule has 388 valence electrons. The molecule has 6 atom stereocenters. The number of hydrogen-bond donors (Lipinski definition) is 3. The minimum absolute atomic E-state index is 0.00315. The topological polar surface area (TPSA) is 219 Å². The van der Waals surface area contributed by atoms with Crippen molar-refractivity contribution < 1.29 is 62.7 Å². The van der Waals surface area contributed by atoms with E-state index in [0.717, 1.165) is 23.1 Å². The number of benzene rings is 4. The Morgan fingerprint density at radius 2 is 1.64 bits per heavy atom. The van der Waals surface area contributed by atoms with Gasteiger partial charge in [-0.25, -0.2) is 9.59 Å². The second-order valence-electron chi connectivity index (χ2n) is 18.4. The summed E-state index contributed by atoms with van der Waals surface area (Å²) in [7, 11) is 0. The highest BCUT2D eigenvalue weighted by Crippen LogP contribution is 2.62. The highest BCUT2D eigenvalue weighted by atomic mass is 16.7. The number of carbonyl (C=O) groups excluding carboxylic acids is 2. The van der Waals surface area contributed by atoms with Crippen molar-refractivity contribution >= 4 is 23.6 Å². The third kappa shape index (κ3) is 12.4. The smallest absolute Gasteiger partial charge is 0.412 e. The van der Waals surface area contributed by atoms with Gasteiger partial charge in [0.25, 0.3) is 5.69 Å². The van der Waals surface area contributed by atoms with Crippen LogP contribution in [-0.4, -0.2) is 96.1 Å². The van der Waals surface area contributed by atoms with Crippen molar-refractivity contribution in [1.29, 1.82) is 0 Å². The highest BCUT2D eigenvalue weighted by Gasteiger charge is 2.66. The fourth-order valence-corrected chi connectivity index (χ4v) is 10.5. The van der Waals surface area contributed by atoms with Crippen molar-refractivity contribution in [3.8, 4) is 23.0 Å². The number of allylic oxidation sites excluding steroid dienone is 1. The fraction of sp³-hybridized carbons (Fsp3) is 0.436. The number of non-ortho nitro benzene ring substituents is 1. The molecule has 0 saturated heterocycles. The van der Waals surface area contributed by atoms with Crippen LogP contribution < -0.4 is 24.3 Å². The van der Waals surface area contributed by atoms with Crippen LogP contribution in [0.1, 0.15) is 80.0 Å². The summed E-state index contributed by atoms with van der Waals surface area (Å²) < 4.78 is 43.8. The Morgan fingerprint density at radius 1 is 0.904 bits per heavy atom. The first-order chi connectivity index (χ1) is 35.7. The number of aliphatic hydroxyl groups excluding tert-OH is 2. The number of nitrogens with one attached hydrogen (secondary N) is 1. The van der Waals surface area contributed by atoms with Crippen molar-refractivity contribution in [3.05, 3.63) is 148 Å². The second kappa shape index (κ2) is 25.1. The predicted molar refractivity (Wildman–Crippen MR) is 268 cm³/mol. The van der Waals surface area contributed by atoms with E-state index < -0.39 is 40.8 Å². The van der Waals surface area contributed by atoms with Crippen LogP contribution in [0.15, 0.2) is 120 Å². The lowest BCUT2D eigenvalue weighted by Crippen LogP contribution is -2.70. The van der Waals surface area contributed by atoms with Gasteiger partial charge in [-0.1, -0.05) is 66.5 Å². The summed E-state index contributed by atoms with van der Waals surface area (Å²) in [4.78, 5) is 46.9. The maximum Gasteiger partial charge on any atom is 0.412 e. The number of ether oxygens (including phenoxy) is 7. The molecule has 4 aliphatic rings. The molecule has 2 heterocycles.